The highest BCUT2D eigenvalue weighted by Crippen LogP contribution is 2.40. The molecule has 0 aliphatic rings. The van der Waals surface area contributed by atoms with Crippen molar-refractivity contribution in [2.75, 3.05) is 13.7 Å². The van der Waals surface area contributed by atoms with Crippen LogP contribution in [0.1, 0.15) is 29.9 Å². The number of hydrogen-bond acceptors (Lipinski definition) is 5. The molecule has 0 bridgehead atoms. The summed E-state index contributed by atoms with van der Waals surface area (Å²) in [6.07, 6.45) is -0.180. The Kier molecular flexibility index (Phi) is 6.08. The summed E-state index contributed by atoms with van der Waals surface area (Å²) >= 11 is 6.40. The first-order valence-electron chi connectivity index (χ1n) is 9.74. The summed E-state index contributed by atoms with van der Waals surface area (Å²) in [6.45, 7) is 2.19. The molecule has 2 aromatic carbocycles. The van der Waals surface area contributed by atoms with Gasteiger partial charge in [0.25, 0.3) is 0 Å². The first-order chi connectivity index (χ1) is 15.0. The number of hydrogen-bond donors (Lipinski definition) is 2. The fraction of sp³-hybridized carbons (Fsp3) is 0.217. The number of fused-ring (bicyclic) bond motifs is 3. The van der Waals surface area contributed by atoms with Gasteiger partial charge in [0.2, 0.25) is 5.88 Å². The maximum atomic E-state index is 11.3. The van der Waals surface area contributed by atoms with Gasteiger partial charge in [-0.05, 0) is 36.6 Å². The molecule has 2 aromatic heterocycles. The minimum absolute atomic E-state index is 0.0752. The molecular weight excluding hydrogens is 420 g/mol. The highest BCUT2D eigenvalue weighted by atomic mass is 35.5. The highest BCUT2D eigenvalue weighted by Gasteiger charge is 2.26. The van der Waals surface area contributed by atoms with Crippen molar-refractivity contribution in [2.24, 2.45) is 0 Å². The van der Waals surface area contributed by atoms with E-state index in [1.54, 1.807) is 6.20 Å². The normalized spacial score (nSPS) is 12.4. The number of aromatic amines is 1. The Morgan fingerprint density at radius 2 is 1.90 bits per heavy atom. The van der Waals surface area contributed by atoms with Crippen LogP contribution in [0.5, 0.6) is 5.88 Å². The number of benzene rings is 2. The molecule has 1 unspecified atom stereocenters. The summed E-state index contributed by atoms with van der Waals surface area (Å²) in [4.78, 5) is 18.9. The predicted octanol–water partition coefficient (Wildman–Crippen LogP) is 5.70. The van der Waals surface area contributed by atoms with Gasteiger partial charge < -0.3 is 24.3 Å². The zero-order valence-electron chi connectivity index (χ0n) is 17.0. The Hall–Kier alpha value is -3.13. The topological polar surface area (TPSA) is 93.7 Å². The number of halogens is 1. The van der Waals surface area contributed by atoms with Crippen LogP contribution in [-0.4, -0.2) is 34.9 Å². The van der Waals surface area contributed by atoms with E-state index in [9.17, 15) is 9.90 Å². The minimum atomic E-state index is -1.46. The molecule has 7 nitrogen and oxygen atoms in total. The molecular formula is C23H21ClN2O5. The van der Waals surface area contributed by atoms with Crippen molar-refractivity contribution in [3.8, 4) is 5.88 Å². The second-order valence-electron chi connectivity index (χ2n) is 6.89. The molecule has 31 heavy (non-hydrogen) atoms. The van der Waals surface area contributed by atoms with E-state index in [4.69, 9.17) is 25.8 Å². The fourth-order valence-electron chi connectivity index (χ4n) is 3.82. The summed E-state index contributed by atoms with van der Waals surface area (Å²) < 4.78 is 16.3. The van der Waals surface area contributed by atoms with Crippen molar-refractivity contribution < 1.29 is 24.1 Å². The van der Waals surface area contributed by atoms with Gasteiger partial charge in [-0.15, -0.1) is 0 Å². The lowest BCUT2D eigenvalue weighted by molar-refractivity contribution is -0.124. The summed E-state index contributed by atoms with van der Waals surface area (Å²) in [5.41, 5.74) is 4.01. The molecule has 0 saturated heterocycles. The lowest BCUT2D eigenvalue weighted by atomic mass is 9.98. The van der Waals surface area contributed by atoms with Gasteiger partial charge in [-0.25, -0.2) is 9.78 Å². The van der Waals surface area contributed by atoms with Crippen molar-refractivity contribution in [2.45, 2.75) is 19.6 Å². The number of pyridine rings is 1. The predicted molar refractivity (Wildman–Crippen MR) is 118 cm³/mol. The third-order valence-corrected chi connectivity index (χ3v) is 5.41. The maximum absolute atomic E-state index is 11.3. The Labute approximate surface area is 183 Å². The fourth-order valence-corrected chi connectivity index (χ4v) is 4.02. The van der Waals surface area contributed by atoms with Gasteiger partial charge in [-0.3, -0.25) is 0 Å². The monoisotopic (exact) mass is 440 g/mol. The quantitative estimate of drug-likeness (QED) is 0.283. The van der Waals surface area contributed by atoms with E-state index < -0.39 is 12.4 Å². The average Bonchev–Trinajstić information content (AvgIpc) is 3.13. The first-order valence-corrected chi connectivity index (χ1v) is 10.1. The molecule has 0 aliphatic heterocycles. The maximum Gasteiger partial charge on any atom is 0.512 e. The lowest BCUT2D eigenvalue weighted by Crippen LogP contribution is -2.13. The number of ether oxygens (including phenoxy) is 3. The van der Waals surface area contributed by atoms with Gasteiger partial charge in [0.15, 0.2) is 6.29 Å². The van der Waals surface area contributed by atoms with E-state index in [1.165, 1.54) is 7.11 Å². The number of nitrogens with zero attached hydrogens (tertiary/aromatic N) is 1. The third-order valence-electron chi connectivity index (χ3n) is 5.04. The van der Waals surface area contributed by atoms with Gasteiger partial charge in [0.05, 0.1) is 17.3 Å². The van der Waals surface area contributed by atoms with E-state index in [1.807, 2.05) is 49.4 Å². The van der Waals surface area contributed by atoms with E-state index in [2.05, 4.69) is 9.97 Å². The number of aromatic nitrogens is 2. The molecule has 0 spiro atoms. The van der Waals surface area contributed by atoms with Gasteiger partial charge in [0.1, 0.15) is 0 Å². The molecule has 0 aliphatic carbocycles. The molecule has 0 radical (unpaired) electrons. The molecule has 160 valence electrons. The van der Waals surface area contributed by atoms with Crippen LogP contribution in [0.2, 0.25) is 5.02 Å². The van der Waals surface area contributed by atoms with E-state index in [0.29, 0.717) is 23.6 Å². The third kappa shape index (κ3) is 4.07. The Bertz CT molecular complexity index is 1250. The smallest absolute Gasteiger partial charge is 0.449 e. The van der Waals surface area contributed by atoms with Crippen LogP contribution in [0.3, 0.4) is 0 Å². The largest absolute Gasteiger partial charge is 0.512 e. The van der Waals surface area contributed by atoms with Crippen molar-refractivity contribution in [3.05, 3.63) is 70.4 Å². The van der Waals surface area contributed by atoms with Crippen LogP contribution >= 0.6 is 11.6 Å². The second-order valence-corrected chi connectivity index (χ2v) is 7.30. The van der Waals surface area contributed by atoms with Crippen LogP contribution in [-0.2, 0) is 15.9 Å². The number of nitrogens with one attached hydrogen (secondary N) is 1. The standard InChI is InChI=1S/C23H21ClN2O5/c1-3-30-22(29-2)20-19-17(12-25-21(20)31-23(27)28)26-16-10-6-8-14(18(16)19)11-13-7-4-5-9-15(13)24/h4-10,12,22,26H,3,11H2,1-2H3,(H,27,28). The van der Waals surface area contributed by atoms with Crippen molar-refractivity contribution in [1.29, 1.82) is 0 Å². The van der Waals surface area contributed by atoms with Gasteiger partial charge in [0, 0.05) is 35.0 Å². The van der Waals surface area contributed by atoms with E-state index in [0.717, 1.165) is 32.9 Å². The first kappa shape index (κ1) is 21.1. The summed E-state index contributed by atoms with van der Waals surface area (Å²) in [5, 5.41) is 11.6. The Morgan fingerprint density at radius 3 is 2.61 bits per heavy atom. The average molecular weight is 441 g/mol. The molecule has 0 amide bonds. The summed E-state index contributed by atoms with van der Waals surface area (Å²) in [5.74, 6) is -0.0752. The number of carbonyl (C=O) groups is 1. The van der Waals surface area contributed by atoms with Crippen LogP contribution in [0, 0.1) is 0 Å². The van der Waals surface area contributed by atoms with Gasteiger partial charge in [-0.2, -0.15) is 0 Å². The molecule has 4 rings (SSSR count). The minimum Gasteiger partial charge on any atom is -0.449 e. The SMILES string of the molecule is CCOC(OC)c1c(OC(=O)O)ncc2[nH]c3cccc(Cc4ccccc4Cl)c3c12. The molecule has 4 aromatic rings. The Balaban J connectivity index is 2.01. The summed E-state index contributed by atoms with van der Waals surface area (Å²) in [7, 11) is 1.49. The number of carboxylic acid groups (broad SMARTS) is 1. The van der Waals surface area contributed by atoms with Crippen molar-refractivity contribution in [3.63, 3.8) is 0 Å². The van der Waals surface area contributed by atoms with E-state index >= 15 is 0 Å². The lowest BCUT2D eigenvalue weighted by Gasteiger charge is -2.19. The number of H-pyrrole nitrogens is 1. The molecule has 0 fully saturated rings. The van der Waals surface area contributed by atoms with Gasteiger partial charge >= 0.3 is 6.16 Å². The van der Waals surface area contributed by atoms with Gasteiger partial charge in [-0.1, -0.05) is 41.9 Å². The molecule has 2 heterocycles. The van der Waals surface area contributed by atoms with Crippen molar-refractivity contribution >= 4 is 39.6 Å². The number of methoxy groups -OCH3 is 1. The molecule has 2 N–H and O–H groups in total. The Morgan fingerprint density at radius 1 is 1.13 bits per heavy atom. The van der Waals surface area contributed by atoms with Crippen LogP contribution in [0.25, 0.3) is 21.8 Å². The zero-order valence-corrected chi connectivity index (χ0v) is 17.8. The van der Waals surface area contributed by atoms with E-state index in [-0.39, 0.29) is 5.88 Å². The highest BCUT2D eigenvalue weighted by molar-refractivity contribution is 6.31. The summed E-state index contributed by atoms with van der Waals surface area (Å²) in [6, 6.07) is 13.6. The second kappa shape index (κ2) is 8.93. The molecule has 8 heteroatoms. The number of rotatable bonds is 7. The van der Waals surface area contributed by atoms with Crippen molar-refractivity contribution in [1.82, 2.24) is 9.97 Å². The van der Waals surface area contributed by atoms with Crippen LogP contribution < -0.4 is 4.74 Å². The molecule has 0 saturated carbocycles. The zero-order chi connectivity index (χ0) is 22.0. The van der Waals surface area contributed by atoms with Crippen LogP contribution in [0.15, 0.2) is 48.7 Å². The molecule has 1 atom stereocenters. The van der Waals surface area contributed by atoms with Crippen LogP contribution in [0.4, 0.5) is 4.79 Å².